The summed E-state index contributed by atoms with van der Waals surface area (Å²) in [5.74, 6) is -1.54. The topological polar surface area (TPSA) is 42.4 Å². The van der Waals surface area contributed by atoms with E-state index >= 15 is 0 Å². The highest BCUT2D eigenvalue weighted by molar-refractivity contribution is 9.10. The second-order valence-electron chi connectivity index (χ2n) is 7.62. The van der Waals surface area contributed by atoms with E-state index in [2.05, 4.69) is 20.9 Å². The molecule has 0 unspecified atom stereocenters. The number of ether oxygens (including phenoxy) is 1. The number of nitrogens with zero attached hydrogens (tertiary/aromatic N) is 2. The number of benzene rings is 2. The molecular weight excluding hydrogens is 454 g/mol. The maximum Gasteiger partial charge on any atom is 0.260 e. The van der Waals surface area contributed by atoms with Gasteiger partial charge in [0.05, 0.1) is 0 Å². The zero-order valence-corrected chi connectivity index (χ0v) is 17.5. The molecule has 0 atom stereocenters. The number of carbonyl (C=O) groups is 1. The molecule has 4 nitrogen and oxygen atoms in total. The Bertz CT molecular complexity index is 1150. The average molecular weight is 471 g/mol. The number of halogens is 3. The zero-order valence-electron chi connectivity index (χ0n) is 15.9. The molecule has 1 amide bonds. The van der Waals surface area contributed by atoms with Crippen molar-refractivity contribution >= 4 is 21.8 Å². The second-order valence-corrected chi connectivity index (χ2v) is 8.54. The molecule has 1 aromatic heterocycles. The summed E-state index contributed by atoms with van der Waals surface area (Å²) in [6, 6.07) is 11.6. The fraction of sp³-hybridized carbons (Fsp3) is 0.217. The molecule has 5 rings (SSSR count). The summed E-state index contributed by atoms with van der Waals surface area (Å²) >= 11 is 3.41. The molecule has 7 heteroatoms. The van der Waals surface area contributed by atoms with E-state index in [1.165, 1.54) is 6.07 Å². The Morgan fingerprint density at radius 1 is 1.13 bits per heavy atom. The van der Waals surface area contributed by atoms with E-state index in [1.807, 2.05) is 24.3 Å². The molecule has 0 radical (unpaired) electrons. The Labute approximate surface area is 180 Å². The van der Waals surface area contributed by atoms with Crippen LogP contribution in [0.2, 0.25) is 0 Å². The van der Waals surface area contributed by atoms with Crippen LogP contribution in [0.5, 0.6) is 11.6 Å². The Balaban J connectivity index is 1.45. The number of carbonyl (C=O) groups excluding carboxylic acids is 1. The Morgan fingerprint density at radius 2 is 1.90 bits per heavy atom. The standard InChI is InChI=1S/C23H17BrF2N2O2/c24-16-5-1-13(2-6-16)11-28-12-15-7-8-27-22(20(15)23(28)29)30-21-18(14-3-4-14)9-17(25)10-19(21)26/h1-2,5-10,14H,3-4,11-12H2. The van der Waals surface area contributed by atoms with Gasteiger partial charge in [-0.2, -0.15) is 0 Å². The molecule has 2 aliphatic rings. The third kappa shape index (κ3) is 3.58. The van der Waals surface area contributed by atoms with Crippen LogP contribution in [0.3, 0.4) is 0 Å². The van der Waals surface area contributed by atoms with E-state index in [1.54, 1.807) is 17.2 Å². The first-order valence-electron chi connectivity index (χ1n) is 9.68. The van der Waals surface area contributed by atoms with Gasteiger partial charge in [-0.25, -0.2) is 13.8 Å². The highest BCUT2D eigenvalue weighted by atomic mass is 79.9. The first-order chi connectivity index (χ1) is 14.5. The van der Waals surface area contributed by atoms with E-state index in [4.69, 9.17) is 4.74 Å². The van der Waals surface area contributed by atoms with E-state index in [0.29, 0.717) is 24.2 Å². The number of hydrogen-bond acceptors (Lipinski definition) is 3. The SMILES string of the molecule is O=C1c2c(ccnc2Oc2c(F)cc(F)cc2C2CC2)CN1Cc1ccc(Br)cc1. The van der Waals surface area contributed by atoms with Gasteiger partial charge in [-0.05, 0) is 54.2 Å². The van der Waals surface area contributed by atoms with Crippen LogP contribution in [0.1, 0.15) is 45.8 Å². The predicted octanol–water partition coefficient (Wildman–Crippen LogP) is 5.95. The van der Waals surface area contributed by atoms with Crippen molar-refractivity contribution in [2.75, 3.05) is 0 Å². The average Bonchev–Trinajstić information content (AvgIpc) is 3.51. The first kappa shape index (κ1) is 19.2. The molecule has 1 saturated carbocycles. The van der Waals surface area contributed by atoms with Gasteiger partial charge in [-0.3, -0.25) is 4.79 Å². The van der Waals surface area contributed by atoms with Gasteiger partial charge in [0, 0.05) is 35.4 Å². The number of pyridine rings is 1. The van der Waals surface area contributed by atoms with Gasteiger partial charge in [-0.15, -0.1) is 0 Å². The van der Waals surface area contributed by atoms with Crippen LogP contribution in [-0.2, 0) is 13.1 Å². The van der Waals surface area contributed by atoms with Crippen molar-refractivity contribution in [1.29, 1.82) is 0 Å². The van der Waals surface area contributed by atoms with Crippen molar-refractivity contribution in [2.24, 2.45) is 0 Å². The molecule has 1 aliphatic carbocycles. The zero-order chi connectivity index (χ0) is 20.8. The van der Waals surface area contributed by atoms with Crippen LogP contribution in [-0.4, -0.2) is 15.8 Å². The smallest absolute Gasteiger partial charge is 0.260 e. The summed E-state index contributed by atoms with van der Waals surface area (Å²) in [5, 5.41) is 0. The van der Waals surface area contributed by atoms with E-state index in [9.17, 15) is 13.6 Å². The minimum absolute atomic E-state index is 0.0426. The summed E-state index contributed by atoms with van der Waals surface area (Å²) in [6.45, 7) is 0.864. The maximum absolute atomic E-state index is 14.5. The van der Waals surface area contributed by atoms with Gasteiger partial charge in [0.1, 0.15) is 11.4 Å². The minimum atomic E-state index is -0.784. The molecule has 30 heavy (non-hydrogen) atoms. The lowest BCUT2D eigenvalue weighted by Crippen LogP contribution is -2.23. The molecule has 2 heterocycles. The van der Waals surface area contributed by atoms with Gasteiger partial charge < -0.3 is 9.64 Å². The first-order valence-corrected chi connectivity index (χ1v) is 10.5. The van der Waals surface area contributed by atoms with Gasteiger partial charge in [0.15, 0.2) is 11.6 Å². The van der Waals surface area contributed by atoms with Crippen LogP contribution >= 0.6 is 15.9 Å². The van der Waals surface area contributed by atoms with Gasteiger partial charge >= 0.3 is 0 Å². The highest BCUT2D eigenvalue weighted by Crippen LogP contribution is 2.47. The normalized spacial score (nSPS) is 15.4. The fourth-order valence-electron chi connectivity index (χ4n) is 3.77. The van der Waals surface area contributed by atoms with E-state index < -0.39 is 11.6 Å². The van der Waals surface area contributed by atoms with Crippen molar-refractivity contribution in [3.05, 3.63) is 87.0 Å². The minimum Gasteiger partial charge on any atom is -0.435 e. The monoisotopic (exact) mass is 470 g/mol. The summed E-state index contributed by atoms with van der Waals surface area (Å²) < 4.78 is 35.0. The highest BCUT2D eigenvalue weighted by Gasteiger charge is 2.34. The molecule has 1 fully saturated rings. The van der Waals surface area contributed by atoms with Crippen LogP contribution in [0.25, 0.3) is 0 Å². The number of aromatic nitrogens is 1. The van der Waals surface area contributed by atoms with Crippen LogP contribution in [0, 0.1) is 11.6 Å². The lowest BCUT2D eigenvalue weighted by Gasteiger charge is -2.16. The van der Waals surface area contributed by atoms with Crippen LogP contribution < -0.4 is 4.74 Å². The van der Waals surface area contributed by atoms with Crippen molar-refractivity contribution in [3.8, 4) is 11.6 Å². The van der Waals surface area contributed by atoms with Crippen molar-refractivity contribution < 1.29 is 18.3 Å². The van der Waals surface area contributed by atoms with Crippen LogP contribution in [0.4, 0.5) is 8.78 Å². The third-order valence-electron chi connectivity index (χ3n) is 5.40. The lowest BCUT2D eigenvalue weighted by molar-refractivity contribution is 0.0764. The molecule has 0 bridgehead atoms. The molecule has 1 aliphatic heterocycles. The Hall–Kier alpha value is -2.80. The van der Waals surface area contributed by atoms with E-state index in [0.717, 1.165) is 34.5 Å². The number of amides is 1. The van der Waals surface area contributed by atoms with Gasteiger partial charge in [0.2, 0.25) is 5.88 Å². The van der Waals surface area contributed by atoms with Crippen molar-refractivity contribution in [3.63, 3.8) is 0 Å². The lowest BCUT2D eigenvalue weighted by atomic mass is 10.1. The van der Waals surface area contributed by atoms with E-state index in [-0.39, 0.29) is 23.5 Å². The Kier molecular flexibility index (Phi) is 4.77. The molecular formula is C23H17BrF2N2O2. The van der Waals surface area contributed by atoms with Crippen molar-refractivity contribution in [1.82, 2.24) is 9.88 Å². The molecule has 0 saturated heterocycles. The largest absolute Gasteiger partial charge is 0.435 e. The maximum atomic E-state index is 14.5. The predicted molar refractivity (Wildman–Crippen MR) is 110 cm³/mol. The summed E-state index contributed by atoms with van der Waals surface area (Å²) in [4.78, 5) is 19.0. The summed E-state index contributed by atoms with van der Waals surface area (Å²) in [6.07, 6.45) is 3.27. The van der Waals surface area contributed by atoms with Crippen LogP contribution in [0.15, 0.2) is 53.1 Å². The number of fused-ring (bicyclic) bond motifs is 1. The second kappa shape index (κ2) is 7.47. The third-order valence-corrected chi connectivity index (χ3v) is 5.93. The summed E-state index contributed by atoms with van der Waals surface area (Å²) in [5.41, 5.74) is 2.59. The van der Waals surface area contributed by atoms with Gasteiger partial charge in [-0.1, -0.05) is 28.1 Å². The Morgan fingerprint density at radius 3 is 2.63 bits per heavy atom. The number of rotatable bonds is 5. The molecule has 3 aromatic rings. The molecule has 2 aromatic carbocycles. The quantitative estimate of drug-likeness (QED) is 0.462. The summed E-state index contributed by atoms with van der Waals surface area (Å²) in [7, 11) is 0. The molecule has 152 valence electrons. The fourth-order valence-corrected chi connectivity index (χ4v) is 4.04. The number of hydrogen-bond donors (Lipinski definition) is 0. The van der Waals surface area contributed by atoms with Gasteiger partial charge in [0.25, 0.3) is 5.91 Å². The van der Waals surface area contributed by atoms with Crippen molar-refractivity contribution in [2.45, 2.75) is 31.8 Å². The molecule has 0 spiro atoms. The molecule has 0 N–H and O–H groups in total.